The van der Waals surface area contributed by atoms with Gasteiger partial charge in [0.2, 0.25) is 5.95 Å². The fourth-order valence-electron chi connectivity index (χ4n) is 3.50. The lowest BCUT2D eigenvalue weighted by Crippen LogP contribution is -2.47. The zero-order valence-electron chi connectivity index (χ0n) is 12.9. The van der Waals surface area contributed by atoms with Gasteiger partial charge in [-0.05, 0) is 44.6 Å². The molecule has 5 heteroatoms. The summed E-state index contributed by atoms with van der Waals surface area (Å²) in [5, 5.41) is 3.85. The maximum absolute atomic E-state index is 5.44. The van der Waals surface area contributed by atoms with Crippen LogP contribution in [0.2, 0.25) is 0 Å². The molecule has 1 aromatic rings. The van der Waals surface area contributed by atoms with Gasteiger partial charge in [-0.25, -0.2) is 9.97 Å². The summed E-state index contributed by atoms with van der Waals surface area (Å²) in [5.41, 5.74) is 0. The molecule has 1 aromatic heterocycles. The summed E-state index contributed by atoms with van der Waals surface area (Å²) >= 11 is 0. The molecule has 1 aliphatic heterocycles. The van der Waals surface area contributed by atoms with Gasteiger partial charge in [0.25, 0.3) is 0 Å². The number of ether oxygens (including phenoxy) is 1. The third-order valence-electron chi connectivity index (χ3n) is 4.81. The molecular formula is C16H26N4O. The third-order valence-corrected chi connectivity index (χ3v) is 4.81. The second-order valence-corrected chi connectivity index (χ2v) is 6.19. The monoisotopic (exact) mass is 290 g/mol. The van der Waals surface area contributed by atoms with Crippen LogP contribution in [0.5, 0.6) is 0 Å². The minimum absolute atomic E-state index is 0.486. The van der Waals surface area contributed by atoms with E-state index >= 15 is 0 Å². The number of anilines is 1. The van der Waals surface area contributed by atoms with E-state index in [-0.39, 0.29) is 0 Å². The Balaban J connectivity index is 1.42. The van der Waals surface area contributed by atoms with E-state index in [2.05, 4.69) is 20.2 Å². The first-order valence-corrected chi connectivity index (χ1v) is 8.16. The molecule has 0 spiro atoms. The molecule has 116 valence electrons. The van der Waals surface area contributed by atoms with Crippen LogP contribution in [-0.4, -0.2) is 48.4 Å². The highest BCUT2D eigenvalue weighted by Crippen LogP contribution is 2.23. The Bertz CT molecular complexity index is 412. The molecule has 0 atom stereocenters. The molecule has 2 fully saturated rings. The van der Waals surface area contributed by atoms with Gasteiger partial charge in [0.05, 0.1) is 6.10 Å². The van der Waals surface area contributed by atoms with E-state index in [0.717, 1.165) is 19.0 Å². The molecule has 5 nitrogen and oxygen atoms in total. The number of rotatable bonds is 4. The van der Waals surface area contributed by atoms with Crippen LogP contribution in [0.15, 0.2) is 18.5 Å². The number of hydrogen-bond acceptors (Lipinski definition) is 5. The summed E-state index contributed by atoms with van der Waals surface area (Å²) in [5.74, 6) is 0.872. The molecule has 1 aliphatic carbocycles. The van der Waals surface area contributed by atoms with Crippen molar-refractivity contribution in [2.24, 2.45) is 0 Å². The highest BCUT2D eigenvalue weighted by Gasteiger charge is 2.26. The van der Waals surface area contributed by atoms with Gasteiger partial charge in [-0.3, -0.25) is 0 Å². The van der Waals surface area contributed by atoms with Crippen molar-refractivity contribution in [3.05, 3.63) is 18.5 Å². The van der Waals surface area contributed by atoms with E-state index in [1.807, 2.05) is 25.6 Å². The molecule has 1 N–H and O–H groups in total. The van der Waals surface area contributed by atoms with Gasteiger partial charge < -0.3 is 15.0 Å². The number of methoxy groups -OCH3 is 1. The molecule has 3 rings (SSSR count). The second kappa shape index (κ2) is 7.18. The molecule has 21 heavy (non-hydrogen) atoms. The van der Waals surface area contributed by atoms with Crippen LogP contribution in [0, 0.1) is 0 Å². The predicted octanol–water partition coefficient (Wildman–Crippen LogP) is 1.99. The van der Waals surface area contributed by atoms with Crippen molar-refractivity contribution in [2.45, 2.75) is 56.7 Å². The predicted molar refractivity (Wildman–Crippen MR) is 83.5 cm³/mol. The number of nitrogens with one attached hydrogen (secondary N) is 1. The lowest BCUT2D eigenvalue weighted by atomic mass is 9.91. The highest BCUT2D eigenvalue weighted by atomic mass is 16.5. The summed E-state index contributed by atoms with van der Waals surface area (Å²) in [6, 6.07) is 3.20. The zero-order chi connectivity index (χ0) is 14.5. The zero-order valence-corrected chi connectivity index (χ0v) is 12.9. The van der Waals surface area contributed by atoms with Crippen molar-refractivity contribution in [3.63, 3.8) is 0 Å². The Kier molecular flexibility index (Phi) is 5.04. The van der Waals surface area contributed by atoms with E-state index in [0.29, 0.717) is 18.2 Å². The third kappa shape index (κ3) is 3.92. The number of piperidine rings is 1. The van der Waals surface area contributed by atoms with Crippen LogP contribution in [0.3, 0.4) is 0 Å². The van der Waals surface area contributed by atoms with Crippen molar-refractivity contribution >= 4 is 5.95 Å². The minimum Gasteiger partial charge on any atom is -0.381 e. The van der Waals surface area contributed by atoms with Gasteiger partial charge in [-0.2, -0.15) is 0 Å². The van der Waals surface area contributed by atoms with Crippen molar-refractivity contribution < 1.29 is 4.74 Å². The summed E-state index contributed by atoms with van der Waals surface area (Å²) in [6.07, 6.45) is 11.4. The Morgan fingerprint density at radius 1 is 1.00 bits per heavy atom. The molecule has 1 saturated heterocycles. The molecule has 2 heterocycles. The Morgan fingerprint density at radius 2 is 1.62 bits per heavy atom. The topological polar surface area (TPSA) is 50.3 Å². The maximum atomic E-state index is 5.44. The van der Waals surface area contributed by atoms with Gasteiger partial charge in [-0.1, -0.05) is 0 Å². The maximum Gasteiger partial charge on any atom is 0.225 e. The summed E-state index contributed by atoms with van der Waals surface area (Å²) in [7, 11) is 1.83. The fourth-order valence-corrected chi connectivity index (χ4v) is 3.50. The largest absolute Gasteiger partial charge is 0.381 e. The lowest BCUT2D eigenvalue weighted by molar-refractivity contribution is 0.0606. The van der Waals surface area contributed by atoms with E-state index in [1.54, 1.807) is 0 Å². The molecule has 2 aliphatic rings. The van der Waals surface area contributed by atoms with Gasteiger partial charge in [0, 0.05) is 44.7 Å². The Morgan fingerprint density at radius 3 is 2.24 bits per heavy atom. The first-order valence-electron chi connectivity index (χ1n) is 8.16. The van der Waals surface area contributed by atoms with Gasteiger partial charge >= 0.3 is 0 Å². The second-order valence-electron chi connectivity index (χ2n) is 6.19. The van der Waals surface area contributed by atoms with Crippen molar-refractivity contribution in [2.75, 3.05) is 25.1 Å². The number of hydrogen-bond donors (Lipinski definition) is 1. The molecule has 0 radical (unpaired) electrons. The van der Waals surface area contributed by atoms with E-state index in [9.17, 15) is 0 Å². The van der Waals surface area contributed by atoms with E-state index in [4.69, 9.17) is 4.74 Å². The van der Waals surface area contributed by atoms with Gasteiger partial charge in [0.15, 0.2) is 0 Å². The standard InChI is InChI=1S/C16H26N4O/c1-21-15-5-3-13(4-6-15)19-14-7-11-20(12-8-14)16-17-9-2-10-18-16/h2,9-10,13-15,19H,3-8,11-12H2,1H3. The molecule has 0 aromatic carbocycles. The average molecular weight is 290 g/mol. The van der Waals surface area contributed by atoms with Crippen LogP contribution in [-0.2, 0) is 4.74 Å². The molecule has 1 saturated carbocycles. The van der Waals surface area contributed by atoms with Crippen LogP contribution in [0.1, 0.15) is 38.5 Å². The number of nitrogens with zero attached hydrogens (tertiary/aromatic N) is 3. The van der Waals surface area contributed by atoms with Gasteiger partial charge in [0.1, 0.15) is 0 Å². The van der Waals surface area contributed by atoms with Crippen molar-refractivity contribution in [3.8, 4) is 0 Å². The van der Waals surface area contributed by atoms with Crippen molar-refractivity contribution in [1.82, 2.24) is 15.3 Å². The molecular weight excluding hydrogens is 264 g/mol. The van der Waals surface area contributed by atoms with Crippen LogP contribution in [0.25, 0.3) is 0 Å². The molecule has 0 bridgehead atoms. The lowest BCUT2D eigenvalue weighted by Gasteiger charge is -2.36. The van der Waals surface area contributed by atoms with Crippen LogP contribution < -0.4 is 10.2 Å². The fraction of sp³-hybridized carbons (Fsp3) is 0.750. The van der Waals surface area contributed by atoms with Crippen LogP contribution >= 0.6 is 0 Å². The average Bonchev–Trinajstić information content (AvgIpc) is 2.57. The normalized spacial score (nSPS) is 27.8. The Hall–Kier alpha value is -1.20. The first kappa shape index (κ1) is 14.7. The van der Waals surface area contributed by atoms with E-state index < -0.39 is 0 Å². The molecule has 0 amide bonds. The highest BCUT2D eigenvalue weighted by molar-refractivity contribution is 5.29. The smallest absolute Gasteiger partial charge is 0.225 e. The summed E-state index contributed by atoms with van der Waals surface area (Å²) in [4.78, 5) is 11.0. The number of aromatic nitrogens is 2. The minimum atomic E-state index is 0.486. The summed E-state index contributed by atoms with van der Waals surface area (Å²) < 4.78 is 5.44. The molecule has 0 unspecified atom stereocenters. The first-order chi connectivity index (χ1) is 10.3. The van der Waals surface area contributed by atoms with E-state index in [1.165, 1.54) is 38.5 Å². The quantitative estimate of drug-likeness (QED) is 0.919. The van der Waals surface area contributed by atoms with Gasteiger partial charge in [-0.15, -0.1) is 0 Å². The SMILES string of the molecule is COC1CCC(NC2CCN(c3ncccn3)CC2)CC1. The van der Waals surface area contributed by atoms with Crippen LogP contribution in [0.4, 0.5) is 5.95 Å². The summed E-state index contributed by atoms with van der Waals surface area (Å²) in [6.45, 7) is 2.10. The van der Waals surface area contributed by atoms with Crippen molar-refractivity contribution in [1.29, 1.82) is 0 Å². The Labute approximate surface area is 127 Å².